The molecule has 118 valence electrons. The first-order valence-corrected chi connectivity index (χ1v) is 8.52. The maximum atomic E-state index is 13.3. The molecule has 1 saturated carbocycles. The van der Waals surface area contributed by atoms with E-state index in [2.05, 4.69) is 0 Å². The summed E-state index contributed by atoms with van der Waals surface area (Å²) in [5.41, 5.74) is 5.71. The summed E-state index contributed by atoms with van der Waals surface area (Å²) in [6, 6.07) is 2.17. The van der Waals surface area contributed by atoms with Crippen LogP contribution in [0, 0.1) is 17.6 Å². The zero-order valence-electron chi connectivity index (χ0n) is 11.9. The molecule has 7 heteroatoms. The number of hydrogen-bond donors (Lipinski definition) is 1. The molecule has 1 fully saturated rings. The first-order valence-electron chi connectivity index (χ1n) is 7.08. The molecule has 4 nitrogen and oxygen atoms in total. The van der Waals surface area contributed by atoms with Crippen LogP contribution in [0.15, 0.2) is 23.1 Å². The molecule has 2 rings (SSSR count). The lowest BCUT2D eigenvalue weighted by atomic mass is 10.0. The van der Waals surface area contributed by atoms with Gasteiger partial charge in [0.1, 0.15) is 11.6 Å². The summed E-state index contributed by atoms with van der Waals surface area (Å²) in [7, 11) is -3.92. The molecule has 1 aliphatic rings. The Labute approximate surface area is 124 Å². The third-order valence-electron chi connectivity index (χ3n) is 4.05. The van der Waals surface area contributed by atoms with Crippen LogP contribution in [0.3, 0.4) is 0 Å². The third kappa shape index (κ3) is 3.25. The Bertz CT molecular complexity index is 587. The van der Waals surface area contributed by atoms with Crippen molar-refractivity contribution in [2.45, 2.75) is 37.1 Å². The quantitative estimate of drug-likeness (QED) is 0.904. The smallest absolute Gasteiger partial charge is 0.243 e. The van der Waals surface area contributed by atoms with Gasteiger partial charge in [0.15, 0.2) is 0 Å². The van der Waals surface area contributed by atoms with E-state index >= 15 is 0 Å². The van der Waals surface area contributed by atoms with Crippen LogP contribution in [0.1, 0.15) is 26.2 Å². The Hall–Kier alpha value is -1.05. The van der Waals surface area contributed by atoms with E-state index in [-0.39, 0.29) is 23.4 Å². The highest BCUT2D eigenvalue weighted by Crippen LogP contribution is 2.33. The zero-order chi connectivity index (χ0) is 15.6. The van der Waals surface area contributed by atoms with Crippen molar-refractivity contribution < 1.29 is 17.2 Å². The molecule has 1 aromatic rings. The topological polar surface area (TPSA) is 63.4 Å². The summed E-state index contributed by atoms with van der Waals surface area (Å²) in [6.07, 6.45) is 2.52. The molecule has 0 aromatic heterocycles. The Morgan fingerprint density at radius 3 is 2.38 bits per heavy atom. The van der Waals surface area contributed by atoms with Crippen LogP contribution in [0.4, 0.5) is 8.78 Å². The third-order valence-corrected chi connectivity index (χ3v) is 6.02. The van der Waals surface area contributed by atoms with Crippen molar-refractivity contribution in [3.8, 4) is 0 Å². The molecular formula is C14H20F2N2O2S. The van der Waals surface area contributed by atoms with Crippen LogP contribution in [0.5, 0.6) is 0 Å². The lowest BCUT2D eigenvalue weighted by Gasteiger charge is -2.30. The minimum absolute atomic E-state index is 0.0955. The van der Waals surface area contributed by atoms with E-state index in [0.717, 1.165) is 31.4 Å². The molecule has 0 radical (unpaired) electrons. The molecule has 21 heavy (non-hydrogen) atoms. The molecule has 2 N–H and O–H groups in total. The SMILES string of the molecule is CCN(C1CCCC1CN)S(=O)(=O)c1cc(F)cc(F)c1. The van der Waals surface area contributed by atoms with E-state index in [1.54, 1.807) is 6.92 Å². The molecular weight excluding hydrogens is 298 g/mol. The fraction of sp³-hybridized carbons (Fsp3) is 0.571. The van der Waals surface area contributed by atoms with Crippen LogP contribution in [0.2, 0.25) is 0 Å². The second-order valence-electron chi connectivity index (χ2n) is 5.31. The maximum absolute atomic E-state index is 13.3. The Morgan fingerprint density at radius 1 is 1.24 bits per heavy atom. The van der Waals surface area contributed by atoms with Crippen LogP contribution < -0.4 is 5.73 Å². The van der Waals surface area contributed by atoms with E-state index in [0.29, 0.717) is 12.6 Å². The van der Waals surface area contributed by atoms with Crippen LogP contribution in [-0.4, -0.2) is 31.9 Å². The first kappa shape index (κ1) is 16.3. The highest BCUT2D eigenvalue weighted by atomic mass is 32.2. The highest BCUT2D eigenvalue weighted by molar-refractivity contribution is 7.89. The summed E-state index contributed by atoms with van der Waals surface area (Å²) >= 11 is 0. The summed E-state index contributed by atoms with van der Waals surface area (Å²) in [5.74, 6) is -1.70. The Balaban J connectivity index is 2.40. The number of nitrogens with zero attached hydrogens (tertiary/aromatic N) is 1. The lowest BCUT2D eigenvalue weighted by molar-refractivity contribution is 0.276. The number of rotatable bonds is 5. The molecule has 2 atom stereocenters. The van der Waals surface area contributed by atoms with Gasteiger partial charge < -0.3 is 5.73 Å². The summed E-state index contributed by atoms with van der Waals surface area (Å²) in [4.78, 5) is -0.343. The largest absolute Gasteiger partial charge is 0.330 e. The standard InChI is InChI=1S/C14H20F2N2O2S/c1-2-18(14-5-3-4-10(14)9-17)21(19,20)13-7-11(15)6-12(16)8-13/h6-8,10,14H,2-5,9,17H2,1H3. The minimum Gasteiger partial charge on any atom is -0.330 e. The van der Waals surface area contributed by atoms with Gasteiger partial charge in [0, 0.05) is 18.7 Å². The van der Waals surface area contributed by atoms with Crippen molar-refractivity contribution in [1.82, 2.24) is 4.31 Å². The maximum Gasteiger partial charge on any atom is 0.243 e. The van der Waals surface area contributed by atoms with Crippen molar-refractivity contribution in [2.24, 2.45) is 11.7 Å². The molecule has 0 spiro atoms. The Morgan fingerprint density at radius 2 is 1.86 bits per heavy atom. The van der Waals surface area contributed by atoms with Crippen molar-refractivity contribution in [2.75, 3.05) is 13.1 Å². The number of sulfonamides is 1. The molecule has 0 aliphatic heterocycles. The molecule has 0 amide bonds. The second kappa shape index (κ2) is 6.37. The van der Waals surface area contributed by atoms with Crippen molar-refractivity contribution in [1.29, 1.82) is 0 Å². The normalized spacial score (nSPS) is 22.9. The average molecular weight is 318 g/mol. The van der Waals surface area contributed by atoms with Gasteiger partial charge in [-0.15, -0.1) is 0 Å². The van der Waals surface area contributed by atoms with Gasteiger partial charge in [-0.3, -0.25) is 0 Å². The minimum atomic E-state index is -3.92. The fourth-order valence-electron chi connectivity index (χ4n) is 3.07. The van der Waals surface area contributed by atoms with Crippen LogP contribution in [-0.2, 0) is 10.0 Å². The van der Waals surface area contributed by atoms with Gasteiger partial charge >= 0.3 is 0 Å². The predicted molar refractivity (Wildman–Crippen MR) is 76.1 cm³/mol. The molecule has 1 aromatic carbocycles. The van der Waals surface area contributed by atoms with Gasteiger partial charge in [0.05, 0.1) is 4.90 Å². The fourth-order valence-corrected chi connectivity index (χ4v) is 4.83. The molecule has 1 aliphatic carbocycles. The van der Waals surface area contributed by atoms with Gasteiger partial charge in [-0.25, -0.2) is 17.2 Å². The molecule has 2 unspecified atom stereocenters. The number of hydrogen-bond acceptors (Lipinski definition) is 3. The van der Waals surface area contributed by atoms with E-state index in [9.17, 15) is 17.2 Å². The second-order valence-corrected chi connectivity index (χ2v) is 7.20. The van der Waals surface area contributed by atoms with Crippen LogP contribution >= 0.6 is 0 Å². The van der Waals surface area contributed by atoms with Gasteiger partial charge in [-0.1, -0.05) is 13.3 Å². The zero-order valence-corrected chi connectivity index (χ0v) is 12.7. The number of nitrogens with two attached hydrogens (primary N) is 1. The van der Waals surface area contributed by atoms with Crippen LogP contribution in [0.25, 0.3) is 0 Å². The molecule has 0 saturated heterocycles. The summed E-state index contributed by atoms with van der Waals surface area (Å²) in [5, 5.41) is 0. The van der Waals surface area contributed by atoms with E-state index in [1.165, 1.54) is 4.31 Å². The van der Waals surface area contributed by atoms with E-state index in [1.807, 2.05) is 0 Å². The van der Waals surface area contributed by atoms with Gasteiger partial charge in [0.2, 0.25) is 10.0 Å². The average Bonchev–Trinajstić information content (AvgIpc) is 2.86. The van der Waals surface area contributed by atoms with Crippen molar-refractivity contribution in [3.63, 3.8) is 0 Å². The lowest BCUT2D eigenvalue weighted by Crippen LogP contribution is -2.44. The molecule has 0 heterocycles. The first-order chi connectivity index (χ1) is 9.90. The van der Waals surface area contributed by atoms with Gasteiger partial charge in [-0.05, 0) is 37.4 Å². The van der Waals surface area contributed by atoms with E-state index < -0.39 is 21.7 Å². The van der Waals surface area contributed by atoms with Gasteiger partial charge in [-0.2, -0.15) is 4.31 Å². The van der Waals surface area contributed by atoms with Crippen molar-refractivity contribution in [3.05, 3.63) is 29.8 Å². The van der Waals surface area contributed by atoms with Gasteiger partial charge in [0.25, 0.3) is 0 Å². The highest BCUT2D eigenvalue weighted by Gasteiger charge is 2.37. The predicted octanol–water partition coefficient (Wildman–Crippen LogP) is 2.10. The summed E-state index contributed by atoms with van der Waals surface area (Å²) < 4.78 is 53.3. The number of halogens is 2. The number of benzene rings is 1. The molecule has 0 bridgehead atoms. The summed E-state index contributed by atoms with van der Waals surface area (Å²) in [6.45, 7) is 2.38. The van der Waals surface area contributed by atoms with E-state index in [4.69, 9.17) is 5.73 Å². The Kier molecular flexibility index (Phi) is 4.95. The van der Waals surface area contributed by atoms with Crippen molar-refractivity contribution >= 4 is 10.0 Å². The monoisotopic (exact) mass is 318 g/mol.